The number of benzene rings is 1. The number of esters is 1. The van der Waals surface area contributed by atoms with Crippen LogP contribution in [0, 0.1) is 0 Å². The van der Waals surface area contributed by atoms with Crippen LogP contribution in [0.2, 0.25) is 0 Å². The first-order chi connectivity index (χ1) is 8.29. The maximum atomic E-state index is 12.7. The fourth-order valence-electron chi connectivity index (χ4n) is 1.32. The van der Waals surface area contributed by atoms with E-state index in [2.05, 4.69) is 4.74 Å². The van der Waals surface area contributed by atoms with Crippen molar-refractivity contribution in [2.75, 3.05) is 7.11 Å². The highest BCUT2D eigenvalue weighted by atomic mass is 35.5. The van der Waals surface area contributed by atoms with Gasteiger partial charge in [-0.2, -0.15) is 13.2 Å². The van der Waals surface area contributed by atoms with E-state index in [1.165, 1.54) is 12.1 Å². The molecule has 0 saturated carbocycles. The van der Waals surface area contributed by atoms with Crippen molar-refractivity contribution in [3.8, 4) is 0 Å². The minimum atomic E-state index is -4.65. The van der Waals surface area contributed by atoms with Crippen molar-refractivity contribution < 1.29 is 27.5 Å². The highest BCUT2D eigenvalue weighted by molar-refractivity contribution is 6.47. The molecule has 0 radical (unpaired) electrons. The van der Waals surface area contributed by atoms with Crippen molar-refractivity contribution in [3.05, 3.63) is 35.4 Å². The topological polar surface area (TPSA) is 43.4 Å². The van der Waals surface area contributed by atoms with Crippen molar-refractivity contribution >= 4 is 23.4 Å². The van der Waals surface area contributed by atoms with Gasteiger partial charge in [0.25, 0.3) is 5.78 Å². The van der Waals surface area contributed by atoms with Gasteiger partial charge in [-0.15, -0.1) is 11.6 Å². The third-order valence-electron chi connectivity index (χ3n) is 2.16. The van der Waals surface area contributed by atoms with Gasteiger partial charge in [-0.1, -0.05) is 18.2 Å². The largest absolute Gasteiger partial charge is 0.463 e. The number of hydrogen-bond acceptors (Lipinski definition) is 3. The SMILES string of the molecule is COC(=O)C(=O)C(Cl)c1ccccc1C(F)(F)F. The first-order valence-corrected chi connectivity index (χ1v) is 5.15. The molecule has 0 aliphatic rings. The monoisotopic (exact) mass is 280 g/mol. The molecule has 3 nitrogen and oxygen atoms in total. The van der Waals surface area contributed by atoms with Gasteiger partial charge in [0.05, 0.1) is 12.7 Å². The summed E-state index contributed by atoms with van der Waals surface area (Å²) in [5.41, 5.74) is -1.52. The molecule has 98 valence electrons. The van der Waals surface area contributed by atoms with Gasteiger partial charge < -0.3 is 4.74 Å². The van der Waals surface area contributed by atoms with Crippen LogP contribution in [0.1, 0.15) is 16.5 Å². The van der Waals surface area contributed by atoms with Crippen LogP contribution in [-0.2, 0) is 20.5 Å². The van der Waals surface area contributed by atoms with Crippen molar-refractivity contribution in [1.82, 2.24) is 0 Å². The van der Waals surface area contributed by atoms with E-state index in [0.29, 0.717) is 0 Å². The van der Waals surface area contributed by atoms with E-state index in [-0.39, 0.29) is 0 Å². The first-order valence-electron chi connectivity index (χ1n) is 4.71. The number of halogens is 4. The summed E-state index contributed by atoms with van der Waals surface area (Å²) < 4.78 is 42.1. The van der Waals surface area contributed by atoms with E-state index >= 15 is 0 Å². The lowest BCUT2D eigenvalue weighted by molar-refractivity contribution is -0.151. The third kappa shape index (κ3) is 3.01. The summed E-state index contributed by atoms with van der Waals surface area (Å²) >= 11 is 5.59. The summed E-state index contributed by atoms with van der Waals surface area (Å²) in [4.78, 5) is 22.3. The van der Waals surface area contributed by atoms with Gasteiger partial charge >= 0.3 is 12.1 Å². The van der Waals surface area contributed by atoms with Crippen LogP contribution in [0.15, 0.2) is 24.3 Å². The van der Waals surface area contributed by atoms with E-state index < -0.39 is 34.4 Å². The molecule has 7 heteroatoms. The van der Waals surface area contributed by atoms with Crippen LogP contribution >= 0.6 is 11.6 Å². The van der Waals surface area contributed by atoms with Gasteiger partial charge in [-0.05, 0) is 11.6 Å². The Balaban J connectivity index is 3.18. The normalized spacial score (nSPS) is 12.9. The van der Waals surface area contributed by atoms with Crippen LogP contribution in [0.3, 0.4) is 0 Å². The van der Waals surface area contributed by atoms with Crippen molar-refractivity contribution in [3.63, 3.8) is 0 Å². The Hall–Kier alpha value is -1.56. The summed E-state index contributed by atoms with van der Waals surface area (Å²) in [6, 6.07) is 4.29. The van der Waals surface area contributed by atoms with Crippen molar-refractivity contribution in [2.24, 2.45) is 0 Å². The molecule has 1 unspecified atom stereocenters. The van der Waals surface area contributed by atoms with E-state index in [0.717, 1.165) is 19.2 Å². The van der Waals surface area contributed by atoms with Gasteiger partial charge in [0.15, 0.2) is 0 Å². The summed E-state index contributed by atoms with van der Waals surface area (Å²) in [5.74, 6) is -2.53. The second-order valence-corrected chi connectivity index (χ2v) is 3.74. The minimum absolute atomic E-state index is 0.470. The maximum absolute atomic E-state index is 12.7. The molecule has 1 rings (SSSR count). The minimum Gasteiger partial charge on any atom is -0.463 e. The molecule has 0 fully saturated rings. The Morgan fingerprint density at radius 3 is 2.33 bits per heavy atom. The van der Waals surface area contributed by atoms with Gasteiger partial charge in [0, 0.05) is 0 Å². The Morgan fingerprint density at radius 2 is 1.83 bits per heavy atom. The lowest BCUT2D eigenvalue weighted by Crippen LogP contribution is -2.22. The van der Waals surface area contributed by atoms with E-state index in [1.807, 2.05) is 0 Å². The molecule has 1 aromatic carbocycles. The molecule has 1 aromatic rings. The van der Waals surface area contributed by atoms with Crippen molar-refractivity contribution in [1.29, 1.82) is 0 Å². The predicted octanol–water partition coefficient (Wildman–Crippen LogP) is 2.73. The number of ether oxygens (including phenoxy) is 1. The molecular weight excluding hydrogens is 273 g/mol. The molecule has 0 saturated heterocycles. The molecular formula is C11H8ClF3O3. The van der Waals surface area contributed by atoms with Gasteiger partial charge in [-0.25, -0.2) is 4.79 Å². The molecule has 0 N–H and O–H groups in total. The molecule has 0 spiro atoms. The molecule has 0 amide bonds. The Kier molecular flexibility index (Phi) is 4.34. The second-order valence-electron chi connectivity index (χ2n) is 3.30. The zero-order valence-corrected chi connectivity index (χ0v) is 9.88. The molecule has 0 bridgehead atoms. The Labute approximate surface area is 105 Å². The number of rotatable bonds is 3. The number of alkyl halides is 4. The summed E-state index contributed by atoms with van der Waals surface area (Å²) in [6.07, 6.45) is -4.65. The molecule has 18 heavy (non-hydrogen) atoms. The van der Waals surface area contributed by atoms with Crippen molar-refractivity contribution in [2.45, 2.75) is 11.6 Å². The van der Waals surface area contributed by atoms with Crippen LogP contribution in [0.25, 0.3) is 0 Å². The Bertz CT molecular complexity index is 471. The smallest absolute Gasteiger partial charge is 0.416 e. The Morgan fingerprint density at radius 1 is 1.28 bits per heavy atom. The molecule has 0 aliphatic carbocycles. The average molecular weight is 281 g/mol. The predicted molar refractivity (Wildman–Crippen MR) is 57.1 cm³/mol. The van der Waals surface area contributed by atoms with Crippen LogP contribution in [0.5, 0.6) is 0 Å². The summed E-state index contributed by atoms with van der Waals surface area (Å²) in [6.45, 7) is 0. The molecule has 0 aliphatic heterocycles. The number of hydrogen-bond donors (Lipinski definition) is 0. The number of carbonyl (C=O) groups excluding carboxylic acids is 2. The van der Waals surface area contributed by atoms with Gasteiger partial charge in [-0.3, -0.25) is 4.79 Å². The molecule has 0 aromatic heterocycles. The fourth-order valence-corrected chi connectivity index (χ4v) is 1.60. The zero-order valence-electron chi connectivity index (χ0n) is 9.12. The lowest BCUT2D eigenvalue weighted by Gasteiger charge is -2.15. The zero-order chi connectivity index (χ0) is 13.9. The van der Waals surface area contributed by atoms with Crippen LogP contribution < -0.4 is 0 Å². The van der Waals surface area contributed by atoms with Crippen LogP contribution in [-0.4, -0.2) is 18.9 Å². The summed E-state index contributed by atoms with van der Waals surface area (Å²) in [5, 5.41) is -1.73. The summed E-state index contributed by atoms with van der Waals surface area (Å²) in [7, 11) is 0.944. The van der Waals surface area contributed by atoms with E-state index in [4.69, 9.17) is 11.6 Å². The third-order valence-corrected chi connectivity index (χ3v) is 2.59. The van der Waals surface area contributed by atoms with E-state index in [1.54, 1.807) is 0 Å². The molecule has 0 heterocycles. The number of methoxy groups -OCH3 is 1. The van der Waals surface area contributed by atoms with Gasteiger partial charge in [0.1, 0.15) is 5.38 Å². The highest BCUT2D eigenvalue weighted by Gasteiger charge is 2.37. The van der Waals surface area contributed by atoms with Crippen LogP contribution in [0.4, 0.5) is 13.2 Å². The number of Topliss-reactive ketones (excluding diaryl/α,β-unsaturated/α-hetero) is 1. The number of carbonyl (C=O) groups is 2. The molecule has 1 atom stereocenters. The maximum Gasteiger partial charge on any atom is 0.416 e. The second kappa shape index (κ2) is 5.39. The average Bonchev–Trinajstić information content (AvgIpc) is 2.35. The van der Waals surface area contributed by atoms with Gasteiger partial charge in [0.2, 0.25) is 0 Å². The standard InChI is InChI=1S/C11H8ClF3O3/c1-18-10(17)9(16)8(12)6-4-2-3-5-7(6)11(13,14)15/h2-5,8H,1H3. The quantitative estimate of drug-likeness (QED) is 0.486. The number of ketones is 1. The lowest BCUT2D eigenvalue weighted by atomic mass is 10.0. The first kappa shape index (κ1) is 14.5. The van der Waals surface area contributed by atoms with E-state index in [9.17, 15) is 22.8 Å². The fraction of sp³-hybridized carbons (Fsp3) is 0.273. The highest BCUT2D eigenvalue weighted by Crippen LogP contribution is 2.36.